The molecule has 12 heteroatoms. The molecule has 5 atom stereocenters. The number of carbonyl (C=O) groups is 5. The van der Waals surface area contributed by atoms with Gasteiger partial charge in [-0.05, 0) is 24.7 Å². The van der Waals surface area contributed by atoms with Gasteiger partial charge >= 0.3 is 11.9 Å². The van der Waals surface area contributed by atoms with Crippen LogP contribution in [0.1, 0.15) is 53.4 Å². The Labute approximate surface area is 193 Å². The minimum Gasteiger partial charge on any atom is -0.481 e. The summed E-state index contributed by atoms with van der Waals surface area (Å²) in [6, 6.07) is -4.35. The van der Waals surface area contributed by atoms with Crippen molar-refractivity contribution in [3.8, 4) is 0 Å². The summed E-state index contributed by atoms with van der Waals surface area (Å²) in [7, 11) is 0. The van der Waals surface area contributed by atoms with Crippen molar-refractivity contribution in [1.82, 2.24) is 16.0 Å². The van der Waals surface area contributed by atoms with Crippen LogP contribution in [-0.2, 0) is 24.0 Å². The highest BCUT2D eigenvalue weighted by Crippen LogP contribution is 2.12. The van der Waals surface area contributed by atoms with Crippen molar-refractivity contribution in [3.05, 3.63) is 0 Å². The third-order valence-corrected chi connectivity index (χ3v) is 5.32. The number of rotatable bonds is 15. The van der Waals surface area contributed by atoms with Gasteiger partial charge in [0.05, 0.1) is 6.04 Å². The van der Waals surface area contributed by atoms with Gasteiger partial charge in [-0.3, -0.25) is 19.2 Å². The molecule has 0 spiro atoms. The van der Waals surface area contributed by atoms with Crippen molar-refractivity contribution in [2.24, 2.45) is 17.6 Å². The van der Waals surface area contributed by atoms with Gasteiger partial charge in [0.2, 0.25) is 17.7 Å². The zero-order chi connectivity index (χ0) is 25.0. The third kappa shape index (κ3) is 10.8. The van der Waals surface area contributed by atoms with E-state index in [4.69, 9.17) is 10.8 Å². The number of amides is 3. The minimum atomic E-state index is -1.42. The summed E-state index contributed by atoms with van der Waals surface area (Å²) in [5.41, 5.74) is 5.67. The molecule has 0 bridgehead atoms. The molecule has 0 heterocycles. The van der Waals surface area contributed by atoms with E-state index in [0.717, 1.165) is 0 Å². The molecule has 32 heavy (non-hydrogen) atoms. The van der Waals surface area contributed by atoms with Crippen molar-refractivity contribution < 1.29 is 34.2 Å². The fourth-order valence-corrected chi connectivity index (χ4v) is 2.97. The first-order valence-electron chi connectivity index (χ1n) is 10.6. The van der Waals surface area contributed by atoms with Crippen LogP contribution in [0.5, 0.6) is 0 Å². The lowest BCUT2D eigenvalue weighted by Crippen LogP contribution is -2.59. The van der Waals surface area contributed by atoms with E-state index in [9.17, 15) is 29.1 Å². The molecule has 0 saturated heterocycles. The van der Waals surface area contributed by atoms with Gasteiger partial charge in [-0.1, -0.05) is 34.1 Å². The van der Waals surface area contributed by atoms with Gasteiger partial charge in [-0.15, -0.1) is 0 Å². The maximum absolute atomic E-state index is 12.9. The average Bonchev–Trinajstić information content (AvgIpc) is 2.71. The Hall–Kier alpha value is -2.34. The lowest BCUT2D eigenvalue weighted by molar-refractivity contribution is -0.143. The van der Waals surface area contributed by atoms with E-state index in [2.05, 4.69) is 28.6 Å². The number of hydrogen-bond donors (Lipinski definition) is 7. The lowest BCUT2D eigenvalue weighted by Gasteiger charge is -2.28. The van der Waals surface area contributed by atoms with Crippen LogP contribution < -0.4 is 21.7 Å². The van der Waals surface area contributed by atoms with Gasteiger partial charge < -0.3 is 31.9 Å². The summed E-state index contributed by atoms with van der Waals surface area (Å²) in [4.78, 5) is 60.1. The molecule has 0 aliphatic carbocycles. The van der Waals surface area contributed by atoms with Crippen LogP contribution in [0.25, 0.3) is 0 Å². The maximum atomic E-state index is 12.9. The van der Waals surface area contributed by atoms with E-state index in [0.29, 0.717) is 12.8 Å². The van der Waals surface area contributed by atoms with Crippen molar-refractivity contribution in [2.75, 3.05) is 5.75 Å². The van der Waals surface area contributed by atoms with E-state index in [1.807, 2.05) is 13.8 Å². The molecular formula is C20H36N4O7S. The fourth-order valence-electron chi connectivity index (χ4n) is 2.81. The monoisotopic (exact) mass is 476 g/mol. The van der Waals surface area contributed by atoms with Gasteiger partial charge in [-0.25, -0.2) is 4.79 Å². The summed E-state index contributed by atoms with van der Waals surface area (Å²) in [5.74, 6) is -4.69. The first-order valence-corrected chi connectivity index (χ1v) is 11.2. The van der Waals surface area contributed by atoms with E-state index in [1.165, 1.54) is 0 Å². The molecule has 0 aliphatic heterocycles. The second-order valence-corrected chi connectivity index (χ2v) is 8.55. The minimum absolute atomic E-state index is 0.0431. The SMILES string of the molecule is CCC(C)C(NC(=O)C(CC(C)C)NC(=O)C(N)CS)C(=O)NC(CCC(=O)O)C(=O)O. The highest BCUT2D eigenvalue weighted by Gasteiger charge is 2.33. The Kier molecular flexibility index (Phi) is 13.6. The van der Waals surface area contributed by atoms with Crippen LogP contribution in [-0.4, -0.2) is 69.8 Å². The Morgan fingerprint density at radius 3 is 1.91 bits per heavy atom. The molecule has 184 valence electrons. The predicted molar refractivity (Wildman–Crippen MR) is 121 cm³/mol. The van der Waals surface area contributed by atoms with Gasteiger partial charge in [0, 0.05) is 12.2 Å². The quantitative estimate of drug-likeness (QED) is 0.157. The van der Waals surface area contributed by atoms with Crippen LogP contribution >= 0.6 is 12.6 Å². The molecule has 3 amide bonds. The van der Waals surface area contributed by atoms with Crippen molar-refractivity contribution in [1.29, 1.82) is 0 Å². The summed E-state index contributed by atoms with van der Waals surface area (Å²) in [5, 5.41) is 25.6. The van der Waals surface area contributed by atoms with Crippen molar-refractivity contribution in [3.63, 3.8) is 0 Å². The van der Waals surface area contributed by atoms with E-state index < -0.39 is 60.2 Å². The van der Waals surface area contributed by atoms with Gasteiger partial charge in [0.25, 0.3) is 0 Å². The van der Waals surface area contributed by atoms with E-state index >= 15 is 0 Å². The first-order chi connectivity index (χ1) is 14.8. The topological polar surface area (TPSA) is 188 Å². The van der Waals surface area contributed by atoms with Gasteiger partial charge in [0.1, 0.15) is 18.1 Å². The van der Waals surface area contributed by atoms with Crippen LogP contribution in [0, 0.1) is 11.8 Å². The zero-order valence-corrected chi connectivity index (χ0v) is 19.9. The molecule has 11 nitrogen and oxygen atoms in total. The van der Waals surface area contributed by atoms with Crippen LogP contribution in [0.4, 0.5) is 0 Å². The van der Waals surface area contributed by atoms with E-state index in [1.54, 1.807) is 13.8 Å². The number of carbonyl (C=O) groups excluding carboxylic acids is 3. The summed E-state index contributed by atoms with van der Waals surface area (Å²) < 4.78 is 0. The van der Waals surface area contributed by atoms with Gasteiger partial charge in [-0.2, -0.15) is 12.6 Å². The molecule has 5 unspecified atom stereocenters. The maximum Gasteiger partial charge on any atom is 0.326 e. The molecule has 0 radical (unpaired) electrons. The summed E-state index contributed by atoms with van der Waals surface area (Å²) in [6.45, 7) is 7.24. The second-order valence-electron chi connectivity index (χ2n) is 8.18. The Morgan fingerprint density at radius 2 is 1.47 bits per heavy atom. The molecule has 0 fully saturated rings. The number of carboxylic acid groups (broad SMARTS) is 2. The second kappa shape index (κ2) is 14.7. The van der Waals surface area contributed by atoms with E-state index in [-0.39, 0.29) is 24.0 Å². The molecule has 0 rings (SSSR count). The molecule has 0 aromatic rings. The lowest BCUT2D eigenvalue weighted by atomic mass is 9.96. The molecule has 7 N–H and O–H groups in total. The number of thiol groups is 1. The van der Waals surface area contributed by atoms with Crippen LogP contribution in [0.2, 0.25) is 0 Å². The smallest absolute Gasteiger partial charge is 0.326 e. The number of nitrogens with one attached hydrogen (secondary N) is 3. The normalized spacial score (nSPS) is 15.7. The summed E-state index contributed by atoms with van der Waals surface area (Å²) >= 11 is 3.97. The fraction of sp³-hybridized carbons (Fsp3) is 0.750. The number of aliphatic carboxylic acids is 2. The number of carboxylic acids is 2. The standard InChI is InChI=1S/C20H36N4O7S/c1-5-11(4)16(19(29)22-13(20(30)31)6-7-15(25)26)24-18(28)14(8-10(2)3)23-17(27)12(21)9-32/h10-14,16,32H,5-9,21H2,1-4H3,(H,22,29)(H,23,27)(H,24,28)(H,25,26)(H,30,31). The Bertz CT molecular complexity index is 674. The van der Waals surface area contributed by atoms with Crippen molar-refractivity contribution in [2.45, 2.75) is 77.5 Å². The van der Waals surface area contributed by atoms with Crippen LogP contribution in [0.15, 0.2) is 0 Å². The third-order valence-electron chi connectivity index (χ3n) is 4.93. The predicted octanol–water partition coefficient (Wildman–Crippen LogP) is -0.260. The molecule has 0 saturated carbocycles. The van der Waals surface area contributed by atoms with Gasteiger partial charge in [0.15, 0.2) is 0 Å². The summed E-state index contributed by atoms with van der Waals surface area (Å²) in [6.07, 6.45) is 0.0513. The van der Waals surface area contributed by atoms with Crippen LogP contribution in [0.3, 0.4) is 0 Å². The molecule has 0 aliphatic rings. The highest BCUT2D eigenvalue weighted by molar-refractivity contribution is 7.80. The molecule has 0 aromatic heterocycles. The Balaban J connectivity index is 5.52. The van der Waals surface area contributed by atoms with Crippen molar-refractivity contribution >= 4 is 42.3 Å². The Morgan fingerprint density at radius 1 is 0.906 bits per heavy atom. The first kappa shape index (κ1) is 29.7. The number of nitrogens with two attached hydrogens (primary N) is 1. The largest absolute Gasteiger partial charge is 0.481 e. The highest BCUT2D eigenvalue weighted by atomic mass is 32.1. The zero-order valence-electron chi connectivity index (χ0n) is 19.0. The number of hydrogen-bond acceptors (Lipinski definition) is 7. The molecule has 0 aromatic carbocycles. The molecular weight excluding hydrogens is 440 g/mol. The average molecular weight is 477 g/mol.